The van der Waals surface area contributed by atoms with Crippen LogP contribution in [0.5, 0.6) is 17.2 Å². The van der Waals surface area contributed by atoms with Crippen molar-refractivity contribution in [2.24, 2.45) is 0 Å². The fraction of sp³-hybridized carbons (Fsp3) is 0.324. The lowest BCUT2D eigenvalue weighted by atomic mass is 9.96. The van der Waals surface area contributed by atoms with E-state index in [1.807, 2.05) is 95.9 Å². The number of hydrogen-bond donors (Lipinski definition) is 4. The Labute approximate surface area is 572 Å². The van der Waals surface area contributed by atoms with Gasteiger partial charge in [-0.15, -0.1) is 11.3 Å². The van der Waals surface area contributed by atoms with Crippen molar-refractivity contribution in [3.05, 3.63) is 152 Å². The number of nitrogens with one attached hydrogen (secondary N) is 4. The molecule has 1 aliphatic heterocycles. The summed E-state index contributed by atoms with van der Waals surface area (Å²) in [6, 6.07) is 24.9. The number of thiophene rings is 1. The molecule has 1 saturated heterocycles. The van der Waals surface area contributed by atoms with Gasteiger partial charge < -0.3 is 35.5 Å². The lowest BCUT2D eigenvalue weighted by molar-refractivity contribution is 0.329. The first-order valence-electron chi connectivity index (χ1n) is 32.7. The average Bonchev–Trinajstić information content (AvgIpc) is 1.54. The van der Waals surface area contributed by atoms with E-state index in [0.29, 0.717) is 47.5 Å². The Balaban J connectivity index is 0.000000133. The first-order valence-corrected chi connectivity index (χ1v) is 37.3. The number of aryl methyl sites for hydroxylation is 1. The Morgan fingerprint density at radius 1 is 0.469 bits per heavy atom. The second-order valence-electron chi connectivity index (χ2n) is 24.7. The molecule has 98 heavy (non-hydrogen) atoms. The molecule has 3 aliphatic rings. The lowest BCUT2D eigenvalue weighted by Gasteiger charge is -2.22. The molecule has 2 saturated carbocycles. The van der Waals surface area contributed by atoms with Crippen LogP contribution in [0.4, 0.5) is 34.9 Å². The van der Waals surface area contributed by atoms with E-state index in [2.05, 4.69) is 67.4 Å². The van der Waals surface area contributed by atoms with Crippen LogP contribution >= 0.6 is 11.3 Å². The number of aromatic nitrogens is 13. The van der Waals surface area contributed by atoms with Crippen molar-refractivity contribution >= 4 is 97.9 Å². The SMILES string of the molecule is COc1cc(S(C)(=O)=O)ccc1-c1c(C)sc2cnc(Nc3cnn(C4CCCCC4)c3)nc12.COc1cc(S(C)(=O)=O)ccc1-c1cccc2cnc(Nc3cnn(C4CCNCC4)c3)nc12.COc1ccccc1-c1cncc2cnc(Nc3cnn(C4CCCCC4)c3)nc12. The van der Waals surface area contributed by atoms with E-state index in [-0.39, 0.29) is 9.79 Å². The van der Waals surface area contributed by atoms with Crippen molar-refractivity contribution in [2.45, 2.75) is 112 Å². The van der Waals surface area contributed by atoms with Crippen LogP contribution in [0.15, 0.2) is 157 Å². The van der Waals surface area contributed by atoms with Gasteiger partial charge in [-0.1, -0.05) is 74.9 Å². The molecule has 0 unspecified atom stereocenters. The van der Waals surface area contributed by atoms with E-state index < -0.39 is 19.7 Å². The number of anilines is 6. The third-order valence-corrected chi connectivity index (χ3v) is 21.3. The number of nitrogens with zero attached hydrogens (tertiary/aromatic N) is 13. The second kappa shape index (κ2) is 29.4. The third kappa shape index (κ3) is 15.1. The molecule has 0 bridgehead atoms. The Bertz CT molecular complexity index is 5060. The number of benzene rings is 4. The summed E-state index contributed by atoms with van der Waals surface area (Å²) in [5.41, 5.74) is 10.1. The molecule has 3 fully saturated rings. The normalized spacial score (nSPS) is 14.9. The van der Waals surface area contributed by atoms with Crippen molar-refractivity contribution < 1.29 is 31.0 Å². The summed E-state index contributed by atoms with van der Waals surface area (Å²) < 4.78 is 71.7. The maximum Gasteiger partial charge on any atom is 0.227 e. The molecule has 24 nitrogen and oxygen atoms in total. The highest BCUT2D eigenvalue weighted by Gasteiger charge is 2.24. The minimum atomic E-state index is -3.35. The largest absolute Gasteiger partial charge is 0.496 e. The number of piperidine rings is 1. The van der Waals surface area contributed by atoms with Crippen LogP contribution in [0.3, 0.4) is 0 Å². The lowest BCUT2D eigenvalue weighted by Crippen LogP contribution is -2.29. The maximum absolute atomic E-state index is 12.0. The van der Waals surface area contributed by atoms with Gasteiger partial charge in [0.1, 0.15) is 17.2 Å². The molecule has 9 heterocycles. The number of methoxy groups -OCH3 is 3. The van der Waals surface area contributed by atoms with Gasteiger partial charge >= 0.3 is 0 Å². The van der Waals surface area contributed by atoms with E-state index >= 15 is 0 Å². The molecule has 4 aromatic carbocycles. The molecule has 27 heteroatoms. The second-order valence-corrected chi connectivity index (χ2v) is 30.0. The van der Waals surface area contributed by atoms with E-state index in [4.69, 9.17) is 29.2 Å². The zero-order valence-corrected chi connectivity index (χ0v) is 57.8. The Kier molecular flexibility index (Phi) is 20.0. The number of ether oxygens (including phenoxy) is 3. The molecule has 0 atom stereocenters. The molecule has 0 spiro atoms. The van der Waals surface area contributed by atoms with Gasteiger partial charge in [-0.05, 0) is 101 Å². The number of para-hydroxylation sites is 2. The summed E-state index contributed by atoms with van der Waals surface area (Å²) in [4.78, 5) is 33.7. The van der Waals surface area contributed by atoms with E-state index in [1.54, 1.807) is 86.7 Å². The summed E-state index contributed by atoms with van der Waals surface area (Å²) in [7, 11) is -1.96. The molecular formula is C71H77N17O7S3. The number of sulfone groups is 2. The van der Waals surface area contributed by atoms with Crippen LogP contribution in [-0.2, 0) is 19.7 Å². The summed E-state index contributed by atoms with van der Waals surface area (Å²) in [6.07, 6.45) is 37.4. The molecule has 4 N–H and O–H groups in total. The molecular weight excluding hydrogens is 1300 g/mol. The van der Waals surface area contributed by atoms with Crippen molar-refractivity contribution in [1.29, 1.82) is 0 Å². The highest BCUT2D eigenvalue weighted by Crippen LogP contribution is 2.43. The maximum atomic E-state index is 12.0. The topological polar surface area (TPSA) is 288 Å². The molecule has 0 amide bonds. The molecule has 8 aromatic heterocycles. The Hall–Kier alpha value is -9.96. The molecule has 0 radical (unpaired) electrons. The van der Waals surface area contributed by atoms with E-state index in [1.165, 1.54) is 83.8 Å². The minimum absolute atomic E-state index is 0.205. The van der Waals surface area contributed by atoms with Crippen molar-refractivity contribution in [1.82, 2.24) is 69.5 Å². The van der Waals surface area contributed by atoms with Crippen LogP contribution < -0.4 is 35.5 Å². The zero-order valence-electron chi connectivity index (χ0n) is 55.4. The molecule has 506 valence electrons. The predicted molar refractivity (Wildman–Crippen MR) is 383 cm³/mol. The van der Waals surface area contributed by atoms with Gasteiger partial charge in [0.05, 0.1) is 112 Å². The quantitative estimate of drug-likeness (QED) is 0.0659. The smallest absolute Gasteiger partial charge is 0.227 e. The van der Waals surface area contributed by atoms with Gasteiger partial charge in [0.25, 0.3) is 0 Å². The van der Waals surface area contributed by atoms with E-state index in [9.17, 15) is 16.8 Å². The minimum Gasteiger partial charge on any atom is -0.496 e. The standard InChI is InChI=1S/C24H26N6O3S.C24H27N5O3S2.C23H24N6O/c1-33-22-12-19(34(2,31)32)6-7-20(22)21-5-3-4-16-13-26-24(29-23(16)21)28-17-14-27-30(15-17)18-8-10-25-11-9-18;1-15-22(19-10-9-18(34(3,30)31)11-20(19)32-2)23-21(33-15)13-25-24(28-23)27-16-12-26-29(14-16)17-7-5-4-6-8-17;1-30-21-10-6-5-9-19(21)20-14-24-11-16-12-25-23(28-22(16)20)27-17-13-26-29(15-17)18-7-3-2-4-8-18/h3-7,12-15,18,25H,8-11H2,1-2H3,(H,26,28,29);9-14,17H,4-8H2,1-3H3,(H,25,27,28);5-6,9-15,18H,2-4,7-8H2,1H3,(H,25,27,28). The van der Waals surface area contributed by atoms with Gasteiger partial charge in [0.15, 0.2) is 19.7 Å². The zero-order chi connectivity index (χ0) is 67.9. The predicted octanol–water partition coefficient (Wildman–Crippen LogP) is 14.2. The third-order valence-electron chi connectivity index (χ3n) is 18.0. The van der Waals surface area contributed by atoms with E-state index in [0.717, 1.165) is 119 Å². The van der Waals surface area contributed by atoms with Gasteiger partial charge in [-0.3, -0.25) is 19.0 Å². The average molecular weight is 1380 g/mol. The number of hydrogen-bond acceptors (Lipinski definition) is 22. The van der Waals surface area contributed by atoms with Gasteiger partial charge in [0.2, 0.25) is 17.8 Å². The highest BCUT2D eigenvalue weighted by atomic mass is 32.2. The van der Waals surface area contributed by atoms with Crippen molar-refractivity contribution in [3.63, 3.8) is 0 Å². The molecule has 2 aliphatic carbocycles. The van der Waals surface area contributed by atoms with Crippen molar-refractivity contribution in [3.8, 4) is 50.6 Å². The Morgan fingerprint density at radius 2 is 0.939 bits per heavy atom. The fourth-order valence-electron chi connectivity index (χ4n) is 13.0. The van der Waals surface area contributed by atoms with Crippen LogP contribution in [0.1, 0.15) is 100 Å². The van der Waals surface area contributed by atoms with Crippen LogP contribution in [0.2, 0.25) is 0 Å². The first kappa shape index (κ1) is 66.6. The first-order chi connectivity index (χ1) is 47.6. The summed E-state index contributed by atoms with van der Waals surface area (Å²) >= 11 is 1.60. The molecule has 12 aromatic rings. The monoisotopic (exact) mass is 1380 g/mol. The summed E-state index contributed by atoms with van der Waals surface area (Å²) in [6.45, 7) is 4.02. The van der Waals surface area contributed by atoms with Gasteiger partial charge in [0, 0.05) is 105 Å². The number of fused-ring (bicyclic) bond motifs is 3. The van der Waals surface area contributed by atoms with Crippen LogP contribution in [0, 0.1) is 6.92 Å². The summed E-state index contributed by atoms with van der Waals surface area (Å²) in [5, 5.41) is 28.6. The number of rotatable bonds is 17. The molecule has 15 rings (SSSR count). The van der Waals surface area contributed by atoms with Gasteiger partial charge in [-0.25, -0.2) is 46.7 Å². The Morgan fingerprint density at radius 3 is 1.49 bits per heavy atom. The summed E-state index contributed by atoms with van der Waals surface area (Å²) in [5.74, 6) is 3.22. The fourth-order valence-corrected chi connectivity index (χ4v) is 15.2. The van der Waals surface area contributed by atoms with Crippen LogP contribution in [0.25, 0.3) is 65.4 Å². The van der Waals surface area contributed by atoms with Crippen LogP contribution in [-0.4, -0.2) is 128 Å². The highest BCUT2D eigenvalue weighted by molar-refractivity contribution is 7.91. The van der Waals surface area contributed by atoms with Gasteiger partial charge in [-0.2, -0.15) is 15.3 Å². The van der Waals surface area contributed by atoms with Crippen molar-refractivity contribution in [2.75, 3.05) is 62.9 Å². The number of pyridine rings is 1.